The Bertz CT molecular complexity index is 748. The molecule has 1 aromatic carbocycles. The van der Waals surface area contributed by atoms with Crippen LogP contribution in [-0.2, 0) is 14.8 Å². The largest absolute Gasteiger partial charge is 0.480 e. The molecule has 0 aromatic heterocycles. The molecule has 0 saturated carbocycles. The maximum Gasteiger partial charge on any atom is 0.326 e. The summed E-state index contributed by atoms with van der Waals surface area (Å²) in [5, 5.41) is 9.17. The molecule has 1 aliphatic rings. The zero-order valence-electron chi connectivity index (χ0n) is 12.7. The lowest BCUT2D eigenvalue weighted by Gasteiger charge is -2.22. The number of carboxylic acids is 1. The van der Waals surface area contributed by atoms with Crippen molar-refractivity contribution >= 4 is 33.5 Å². The van der Waals surface area contributed by atoms with E-state index in [0.29, 0.717) is 19.4 Å². The number of carbonyl (C=O) groups excluding carboxylic acids is 1. The molecule has 126 valence electrons. The van der Waals surface area contributed by atoms with E-state index >= 15 is 0 Å². The monoisotopic (exact) mass is 360 g/mol. The Morgan fingerprint density at radius 2 is 2.00 bits per heavy atom. The van der Waals surface area contributed by atoms with Gasteiger partial charge in [0, 0.05) is 26.2 Å². The van der Waals surface area contributed by atoms with Crippen LogP contribution in [0.1, 0.15) is 23.2 Å². The molecular formula is C14H17ClN2O5S. The molecule has 9 heteroatoms. The topological polar surface area (TPSA) is 95.0 Å². The summed E-state index contributed by atoms with van der Waals surface area (Å²) < 4.78 is 25.5. The number of aliphatic carboxylic acids is 1. The van der Waals surface area contributed by atoms with Gasteiger partial charge in [0.25, 0.3) is 5.91 Å². The minimum absolute atomic E-state index is 0.00598. The van der Waals surface area contributed by atoms with Crippen molar-refractivity contribution in [2.24, 2.45) is 0 Å². The fourth-order valence-electron chi connectivity index (χ4n) is 2.46. The van der Waals surface area contributed by atoms with Gasteiger partial charge in [0.2, 0.25) is 10.0 Å². The summed E-state index contributed by atoms with van der Waals surface area (Å²) in [4.78, 5) is 24.8. The highest BCUT2D eigenvalue weighted by molar-refractivity contribution is 7.89. The van der Waals surface area contributed by atoms with Crippen molar-refractivity contribution < 1.29 is 23.1 Å². The second kappa shape index (κ2) is 6.46. The Kier molecular flexibility index (Phi) is 4.98. The molecule has 1 saturated heterocycles. The fraction of sp³-hybridized carbons (Fsp3) is 0.429. The van der Waals surface area contributed by atoms with Gasteiger partial charge in [-0.2, -0.15) is 0 Å². The van der Waals surface area contributed by atoms with Crippen molar-refractivity contribution in [3.05, 3.63) is 28.8 Å². The number of hydrogen-bond donors (Lipinski definition) is 1. The molecule has 1 aromatic rings. The lowest BCUT2D eigenvalue weighted by atomic mass is 10.1. The first-order chi connectivity index (χ1) is 10.7. The lowest BCUT2D eigenvalue weighted by molar-refractivity contribution is -0.141. The number of nitrogens with zero attached hydrogens (tertiary/aromatic N) is 2. The average molecular weight is 361 g/mol. The van der Waals surface area contributed by atoms with Gasteiger partial charge in [0.1, 0.15) is 10.9 Å². The predicted octanol–water partition coefficient (Wildman–Crippen LogP) is 1.28. The van der Waals surface area contributed by atoms with E-state index in [-0.39, 0.29) is 15.5 Å². The van der Waals surface area contributed by atoms with E-state index in [4.69, 9.17) is 16.7 Å². The Hall–Kier alpha value is -1.64. The third-order valence-corrected chi connectivity index (χ3v) is 6.03. The standard InChI is InChI=1S/C14H17ClN2O5S/c1-16(2)23(21,22)12-8-9(5-6-10(12)15)13(18)17-7-3-4-11(17)14(19)20/h5-6,8,11H,3-4,7H2,1-2H3,(H,19,20). The number of benzene rings is 1. The second-order valence-corrected chi connectivity index (χ2v) is 7.95. The SMILES string of the molecule is CN(C)S(=O)(=O)c1cc(C(=O)N2CCCC2C(=O)O)ccc1Cl. The number of hydrogen-bond acceptors (Lipinski definition) is 4. The molecule has 1 unspecified atom stereocenters. The minimum atomic E-state index is -3.80. The first kappa shape index (κ1) is 17.7. The quantitative estimate of drug-likeness (QED) is 0.872. The van der Waals surface area contributed by atoms with Crippen molar-refractivity contribution in [2.45, 2.75) is 23.8 Å². The molecule has 1 N–H and O–H groups in total. The number of sulfonamides is 1. The van der Waals surface area contributed by atoms with Gasteiger partial charge < -0.3 is 10.0 Å². The van der Waals surface area contributed by atoms with E-state index < -0.39 is 27.9 Å². The van der Waals surface area contributed by atoms with Crippen LogP contribution in [0, 0.1) is 0 Å². The molecule has 23 heavy (non-hydrogen) atoms. The van der Waals surface area contributed by atoms with Crippen molar-refractivity contribution in [1.82, 2.24) is 9.21 Å². The van der Waals surface area contributed by atoms with Gasteiger partial charge in [-0.1, -0.05) is 11.6 Å². The smallest absolute Gasteiger partial charge is 0.326 e. The fourth-order valence-corrected chi connectivity index (χ4v) is 3.86. The highest BCUT2D eigenvalue weighted by Crippen LogP contribution is 2.27. The van der Waals surface area contributed by atoms with Gasteiger partial charge in [0.05, 0.1) is 5.02 Å². The van der Waals surface area contributed by atoms with E-state index in [1.807, 2.05) is 0 Å². The molecule has 1 fully saturated rings. The third kappa shape index (κ3) is 3.34. The summed E-state index contributed by atoms with van der Waals surface area (Å²) >= 11 is 5.94. The van der Waals surface area contributed by atoms with Crippen LogP contribution >= 0.6 is 11.6 Å². The van der Waals surface area contributed by atoms with Crippen molar-refractivity contribution in [1.29, 1.82) is 0 Å². The van der Waals surface area contributed by atoms with Crippen molar-refractivity contribution in [3.63, 3.8) is 0 Å². The molecule has 2 rings (SSSR count). The van der Waals surface area contributed by atoms with Gasteiger partial charge in [-0.25, -0.2) is 17.5 Å². The zero-order chi connectivity index (χ0) is 17.4. The molecule has 0 spiro atoms. The van der Waals surface area contributed by atoms with Crippen LogP contribution in [-0.4, -0.2) is 61.3 Å². The van der Waals surface area contributed by atoms with Gasteiger partial charge in [-0.3, -0.25) is 4.79 Å². The number of rotatable bonds is 4. The number of carboxylic acid groups (broad SMARTS) is 1. The Morgan fingerprint density at radius 3 is 2.57 bits per heavy atom. The normalized spacial score (nSPS) is 18.4. The molecule has 1 aliphatic heterocycles. The number of carbonyl (C=O) groups is 2. The van der Waals surface area contributed by atoms with Gasteiger partial charge >= 0.3 is 5.97 Å². The van der Waals surface area contributed by atoms with E-state index in [0.717, 1.165) is 4.31 Å². The molecular weight excluding hydrogens is 344 g/mol. The molecule has 1 atom stereocenters. The number of halogens is 1. The van der Waals surface area contributed by atoms with E-state index in [2.05, 4.69) is 0 Å². The van der Waals surface area contributed by atoms with Crippen molar-refractivity contribution in [3.8, 4) is 0 Å². The molecule has 7 nitrogen and oxygen atoms in total. The first-order valence-electron chi connectivity index (χ1n) is 6.92. The lowest BCUT2D eigenvalue weighted by Crippen LogP contribution is -2.40. The van der Waals surface area contributed by atoms with Crippen molar-refractivity contribution in [2.75, 3.05) is 20.6 Å². The molecule has 0 aliphatic carbocycles. The third-order valence-electron chi connectivity index (χ3n) is 3.74. The van der Waals surface area contributed by atoms with Gasteiger partial charge in [0.15, 0.2) is 0 Å². The summed E-state index contributed by atoms with van der Waals surface area (Å²) in [6.45, 7) is 0.328. The second-order valence-electron chi connectivity index (χ2n) is 5.43. The Morgan fingerprint density at radius 1 is 1.35 bits per heavy atom. The number of likely N-dealkylation sites (tertiary alicyclic amines) is 1. The molecule has 1 heterocycles. The summed E-state index contributed by atoms with van der Waals surface area (Å²) in [5.41, 5.74) is 0.1000. The average Bonchev–Trinajstić information content (AvgIpc) is 2.96. The maximum atomic E-state index is 12.5. The van der Waals surface area contributed by atoms with Gasteiger partial charge in [-0.05, 0) is 31.0 Å². The van der Waals surface area contributed by atoms with Crippen LogP contribution in [0.2, 0.25) is 5.02 Å². The summed E-state index contributed by atoms with van der Waals surface area (Å²) in [6.07, 6.45) is 0.983. The van der Waals surface area contributed by atoms with Crippen LogP contribution in [0.15, 0.2) is 23.1 Å². The van der Waals surface area contributed by atoms with Crippen LogP contribution in [0.25, 0.3) is 0 Å². The Labute approximate surface area is 139 Å². The van der Waals surface area contributed by atoms with E-state index in [1.54, 1.807) is 0 Å². The van der Waals surface area contributed by atoms with Crippen LogP contribution in [0.5, 0.6) is 0 Å². The van der Waals surface area contributed by atoms with Gasteiger partial charge in [-0.15, -0.1) is 0 Å². The highest BCUT2D eigenvalue weighted by Gasteiger charge is 2.35. The highest BCUT2D eigenvalue weighted by atomic mass is 35.5. The first-order valence-corrected chi connectivity index (χ1v) is 8.74. The zero-order valence-corrected chi connectivity index (χ0v) is 14.3. The summed E-state index contributed by atoms with van der Waals surface area (Å²) in [6, 6.07) is 3.04. The van der Waals surface area contributed by atoms with E-state index in [1.165, 1.54) is 37.2 Å². The maximum absolute atomic E-state index is 12.5. The number of amides is 1. The molecule has 1 amide bonds. The molecule has 0 radical (unpaired) electrons. The summed E-state index contributed by atoms with van der Waals surface area (Å²) in [5.74, 6) is -1.58. The van der Waals surface area contributed by atoms with Crippen LogP contribution < -0.4 is 0 Å². The van der Waals surface area contributed by atoms with Crippen LogP contribution in [0.4, 0.5) is 0 Å². The van der Waals surface area contributed by atoms with Crippen LogP contribution in [0.3, 0.4) is 0 Å². The summed E-state index contributed by atoms with van der Waals surface area (Å²) in [7, 11) is -1.08. The Balaban J connectivity index is 2.42. The minimum Gasteiger partial charge on any atom is -0.480 e. The van der Waals surface area contributed by atoms with E-state index in [9.17, 15) is 18.0 Å². The molecule has 0 bridgehead atoms. The predicted molar refractivity (Wildman–Crippen MR) is 84.0 cm³/mol.